The molecule has 0 atom stereocenters. The van der Waals surface area contributed by atoms with Crippen LogP contribution in [0.2, 0.25) is 0 Å². The fourth-order valence-electron chi connectivity index (χ4n) is 2.11. The number of rotatable bonds is 5. The lowest BCUT2D eigenvalue weighted by Crippen LogP contribution is -2.11. The highest BCUT2D eigenvalue weighted by Crippen LogP contribution is 2.31. The SMILES string of the molecule is Cc1ccc(C(=O)Nc2ncc(SCc3ncc(C(C)(C)C)o3)s2)cc1. The van der Waals surface area contributed by atoms with Gasteiger partial charge in [0.15, 0.2) is 5.13 Å². The first-order valence-electron chi connectivity index (χ1n) is 8.23. The minimum atomic E-state index is -0.154. The first-order chi connectivity index (χ1) is 12.3. The number of oxazole rings is 1. The molecule has 1 amide bonds. The number of anilines is 1. The van der Waals surface area contributed by atoms with Gasteiger partial charge in [-0.3, -0.25) is 10.1 Å². The van der Waals surface area contributed by atoms with Crippen LogP contribution in [0.25, 0.3) is 0 Å². The average molecular weight is 388 g/mol. The number of carbonyl (C=O) groups excluding carboxylic acids is 1. The average Bonchev–Trinajstić information content (AvgIpc) is 3.22. The van der Waals surface area contributed by atoms with Gasteiger partial charge in [-0.05, 0) is 19.1 Å². The smallest absolute Gasteiger partial charge is 0.257 e. The van der Waals surface area contributed by atoms with Crippen LogP contribution in [-0.2, 0) is 11.2 Å². The summed E-state index contributed by atoms with van der Waals surface area (Å²) in [7, 11) is 0. The number of thioether (sulfide) groups is 1. The molecular formula is C19H21N3O2S2. The molecule has 0 unspecified atom stereocenters. The van der Waals surface area contributed by atoms with E-state index in [0.717, 1.165) is 15.5 Å². The van der Waals surface area contributed by atoms with Crippen molar-refractivity contribution in [3.8, 4) is 0 Å². The lowest BCUT2D eigenvalue weighted by atomic mass is 9.94. The summed E-state index contributed by atoms with van der Waals surface area (Å²) in [6, 6.07) is 7.45. The Kier molecular flexibility index (Phi) is 5.48. The van der Waals surface area contributed by atoms with Crippen LogP contribution < -0.4 is 5.32 Å². The molecule has 136 valence electrons. The fourth-order valence-corrected chi connectivity index (χ4v) is 3.84. The van der Waals surface area contributed by atoms with E-state index in [1.54, 1.807) is 24.2 Å². The number of benzene rings is 1. The zero-order valence-corrected chi connectivity index (χ0v) is 16.8. The molecule has 5 nitrogen and oxygen atoms in total. The van der Waals surface area contributed by atoms with Gasteiger partial charge in [-0.2, -0.15) is 0 Å². The second kappa shape index (κ2) is 7.63. The van der Waals surface area contributed by atoms with Gasteiger partial charge in [0, 0.05) is 11.0 Å². The molecule has 26 heavy (non-hydrogen) atoms. The van der Waals surface area contributed by atoms with E-state index in [4.69, 9.17) is 4.42 Å². The molecule has 0 saturated carbocycles. The Hall–Kier alpha value is -2.12. The third-order valence-corrected chi connectivity index (χ3v) is 5.74. The van der Waals surface area contributed by atoms with Gasteiger partial charge in [-0.25, -0.2) is 9.97 Å². The van der Waals surface area contributed by atoms with Crippen LogP contribution in [0.4, 0.5) is 5.13 Å². The Morgan fingerprint density at radius 2 is 1.92 bits per heavy atom. The second-order valence-electron chi connectivity index (χ2n) is 6.96. The molecule has 3 rings (SSSR count). The summed E-state index contributed by atoms with van der Waals surface area (Å²) >= 11 is 3.03. The van der Waals surface area contributed by atoms with Crippen molar-refractivity contribution in [2.75, 3.05) is 5.32 Å². The van der Waals surface area contributed by atoms with Crippen LogP contribution >= 0.6 is 23.1 Å². The van der Waals surface area contributed by atoms with Gasteiger partial charge in [-0.1, -0.05) is 49.8 Å². The summed E-state index contributed by atoms with van der Waals surface area (Å²) in [5, 5.41) is 3.42. The van der Waals surface area contributed by atoms with Crippen molar-refractivity contribution >= 4 is 34.1 Å². The summed E-state index contributed by atoms with van der Waals surface area (Å²) < 4.78 is 6.79. The lowest BCUT2D eigenvalue weighted by Gasteiger charge is -2.12. The van der Waals surface area contributed by atoms with Gasteiger partial charge >= 0.3 is 0 Å². The number of aromatic nitrogens is 2. The Balaban J connectivity index is 1.57. The van der Waals surface area contributed by atoms with Gasteiger partial charge in [-0.15, -0.1) is 11.8 Å². The molecule has 0 aliphatic heterocycles. The maximum absolute atomic E-state index is 12.2. The van der Waals surface area contributed by atoms with Crippen LogP contribution in [0.3, 0.4) is 0 Å². The summed E-state index contributed by atoms with van der Waals surface area (Å²) in [6.07, 6.45) is 3.55. The van der Waals surface area contributed by atoms with E-state index in [9.17, 15) is 4.79 Å². The standard InChI is InChI=1S/C19H21N3O2S2/c1-12-5-7-13(8-6-12)17(23)22-18-21-10-16(26-18)25-11-15-20-9-14(24-15)19(2,3)4/h5-10H,11H2,1-4H3,(H,21,22,23). The normalized spacial score (nSPS) is 11.5. The molecule has 0 aliphatic carbocycles. The topological polar surface area (TPSA) is 68.0 Å². The maximum Gasteiger partial charge on any atom is 0.257 e. The maximum atomic E-state index is 12.2. The Morgan fingerprint density at radius 3 is 2.58 bits per heavy atom. The van der Waals surface area contributed by atoms with Crippen molar-refractivity contribution in [2.45, 2.75) is 43.1 Å². The van der Waals surface area contributed by atoms with Crippen molar-refractivity contribution in [1.82, 2.24) is 9.97 Å². The van der Waals surface area contributed by atoms with Gasteiger partial charge in [0.2, 0.25) is 5.89 Å². The third kappa shape index (κ3) is 4.74. The number of thiazole rings is 1. The highest BCUT2D eigenvalue weighted by Gasteiger charge is 2.19. The highest BCUT2D eigenvalue weighted by molar-refractivity contribution is 8.00. The lowest BCUT2D eigenvalue weighted by molar-refractivity contribution is 0.102. The zero-order valence-electron chi connectivity index (χ0n) is 15.2. The minimum Gasteiger partial charge on any atom is -0.444 e. The van der Waals surface area contributed by atoms with Crippen LogP contribution in [0.15, 0.2) is 45.3 Å². The van der Waals surface area contributed by atoms with Crippen molar-refractivity contribution in [3.05, 3.63) is 59.4 Å². The Morgan fingerprint density at radius 1 is 1.19 bits per heavy atom. The molecule has 0 spiro atoms. The predicted octanol–water partition coefficient (Wildman–Crippen LogP) is 5.28. The second-order valence-corrected chi connectivity index (χ2v) is 9.27. The number of hydrogen-bond donors (Lipinski definition) is 1. The molecule has 0 saturated heterocycles. The Bertz CT molecular complexity index is 892. The van der Waals surface area contributed by atoms with E-state index in [0.29, 0.717) is 22.3 Å². The zero-order chi connectivity index (χ0) is 18.7. The number of aryl methyl sites for hydroxylation is 1. The van der Waals surface area contributed by atoms with Crippen LogP contribution in [-0.4, -0.2) is 15.9 Å². The van der Waals surface area contributed by atoms with E-state index >= 15 is 0 Å². The van der Waals surface area contributed by atoms with Crippen LogP contribution in [0.1, 0.15) is 48.3 Å². The summed E-state index contributed by atoms with van der Waals surface area (Å²) in [6.45, 7) is 8.27. The molecular weight excluding hydrogens is 366 g/mol. The molecule has 3 aromatic rings. The number of hydrogen-bond acceptors (Lipinski definition) is 6. The van der Waals surface area contributed by atoms with Crippen molar-refractivity contribution in [1.29, 1.82) is 0 Å². The Labute approximate surface area is 161 Å². The third-order valence-electron chi connectivity index (χ3n) is 3.65. The van der Waals surface area contributed by atoms with E-state index in [2.05, 4.69) is 36.1 Å². The minimum absolute atomic E-state index is 0.0478. The van der Waals surface area contributed by atoms with Gasteiger partial charge in [0.05, 0.1) is 22.4 Å². The first-order valence-corrected chi connectivity index (χ1v) is 10.0. The van der Waals surface area contributed by atoms with E-state index in [-0.39, 0.29) is 11.3 Å². The fraction of sp³-hybridized carbons (Fsp3) is 0.316. The molecule has 1 N–H and O–H groups in total. The van der Waals surface area contributed by atoms with Gasteiger partial charge in [0.25, 0.3) is 5.91 Å². The van der Waals surface area contributed by atoms with Gasteiger partial charge < -0.3 is 4.42 Å². The molecule has 2 aromatic heterocycles. The predicted molar refractivity (Wildman–Crippen MR) is 106 cm³/mol. The first kappa shape index (κ1) is 18.7. The van der Waals surface area contributed by atoms with E-state index < -0.39 is 0 Å². The van der Waals surface area contributed by atoms with Crippen LogP contribution in [0, 0.1) is 6.92 Å². The van der Waals surface area contributed by atoms with Crippen molar-refractivity contribution in [2.24, 2.45) is 0 Å². The monoisotopic (exact) mass is 387 g/mol. The largest absolute Gasteiger partial charge is 0.444 e. The molecule has 1 aromatic carbocycles. The number of carbonyl (C=O) groups is 1. The molecule has 0 bridgehead atoms. The van der Waals surface area contributed by atoms with Crippen LogP contribution in [0.5, 0.6) is 0 Å². The van der Waals surface area contributed by atoms with E-state index in [1.807, 2.05) is 31.2 Å². The number of nitrogens with one attached hydrogen (secondary N) is 1. The quantitative estimate of drug-likeness (QED) is 0.603. The molecule has 2 heterocycles. The van der Waals surface area contributed by atoms with E-state index in [1.165, 1.54) is 11.3 Å². The van der Waals surface area contributed by atoms with Gasteiger partial charge in [0.1, 0.15) is 5.76 Å². The molecule has 0 fully saturated rings. The van der Waals surface area contributed by atoms with Crippen molar-refractivity contribution < 1.29 is 9.21 Å². The van der Waals surface area contributed by atoms with Crippen molar-refractivity contribution in [3.63, 3.8) is 0 Å². The number of amides is 1. The number of nitrogens with zero attached hydrogens (tertiary/aromatic N) is 2. The summed E-state index contributed by atoms with van der Waals surface area (Å²) in [4.78, 5) is 20.8. The highest BCUT2D eigenvalue weighted by atomic mass is 32.2. The summed E-state index contributed by atoms with van der Waals surface area (Å²) in [5.74, 6) is 2.05. The molecule has 0 aliphatic rings. The molecule has 7 heteroatoms. The molecule has 0 radical (unpaired) electrons. The summed E-state index contributed by atoms with van der Waals surface area (Å²) in [5.41, 5.74) is 1.69.